The minimum Gasteiger partial charge on any atom is -0.491 e. The fourth-order valence-electron chi connectivity index (χ4n) is 2.98. The molecular formula is C23H31N3O3. The van der Waals surface area contributed by atoms with Gasteiger partial charge in [0.25, 0.3) is 0 Å². The van der Waals surface area contributed by atoms with Crippen LogP contribution in [0.15, 0.2) is 42.5 Å². The second-order valence-electron chi connectivity index (χ2n) is 7.44. The molecule has 2 aromatic carbocycles. The number of nitrogen functional groups attached to an aromatic ring is 1. The fraction of sp³-hybridized carbons (Fsp3) is 0.391. The summed E-state index contributed by atoms with van der Waals surface area (Å²) < 4.78 is 11.2. The predicted molar refractivity (Wildman–Crippen MR) is 117 cm³/mol. The van der Waals surface area contributed by atoms with Crippen LogP contribution in [0.1, 0.15) is 63.3 Å². The van der Waals surface area contributed by atoms with Gasteiger partial charge < -0.3 is 20.5 Å². The molecule has 29 heavy (non-hydrogen) atoms. The second-order valence-corrected chi connectivity index (χ2v) is 7.44. The standard InChI is InChI=1S/C23H31N3O3/c1-6-28-23(27)21(26-18-10-7-16(8-11-18)22(24)25)17-9-12-20(29-15(4)5)19(13-17)14(2)3/h7-15,21,26H,6H2,1-5H3,(H3,24,25). The summed E-state index contributed by atoms with van der Waals surface area (Å²) in [5.41, 5.74) is 8.72. The summed E-state index contributed by atoms with van der Waals surface area (Å²) in [6, 6.07) is 12.2. The average Bonchev–Trinajstić information content (AvgIpc) is 2.66. The first kappa shape index (κ1) is 22.3. The summed E-state index contributed by atoms with van der Waals surface area (Å²) in [7, 11) is 0. The highest BCUT2D eigenvalue weighted by Crippen LogP contribution is 2.32. The van der Waals surface area contributed by atoms with Crippen molar-refractivity contribution in [3.8, 4) is 5.75 Å². The van der Waals surface area contributed by atoms with Gasteiger partial charge in [-0.25, -0.2) is 4.79 Å². The third-order valence-electron chi connectivity index (χ3n) is 4.38. The van der Waals surface area contributed by atoms with Crippen molar-refractivity contribution in [1.82, 2.24) is 0 Å². The van der Waals surface area contributed by atoms with E-state index >= 15 is 0 Å². The number of hydrogen-bond donors (Lipinski definition) is 3. The van der Waals surface area contributed by atoms with Crippen molar-refractivity contribution in [2.45, 2.75) is 52.7 Å². The van der Waals surface area contributed by atoms with Crippen LogP contribution in [-0.4, -0.2) is 24.5 Å². The molecule has 6 heteroatoms. The zero-order chi connectivity index (χ0) is 21.6. The number of benzene rings is 2. The lowest BCUT2D eigenvalue weighted by Gasteiger charge is -2.22. The van der Waals surface area contributed by atoms with Gasteiger partial charge in [-0.3, -0.25) is 5.41 Å². The topological polar surface area (TPSA) is 97.4 Å². The van der Waals surface area contributed by atoms with E-state index in [1.54, 1.807) is 31.2 Å². The molecule has 0 radical (unpaired) electrons. The summed E-state index contributed by atoms with van der Waals surface area (Å²) in [5, 5.41) is 10.8. The average molecular weight is 398 g/mol. The van der Waals surface area contributed by atoms with E-state index < -0.39 is 6.04 Å². The Kier molecular flexibility index (Phi) is 7.65. The van der Waals surface area contributed by atoms with Crippen LogP contribution in [0, 0.1) is 5.41 Å². The number of esters is 1. The van der Waals surface area contributed by atoms with E-state index in [4.69, 9.17) is 20.6 Å². The third kappa shape index (κ3) is 5.98. The van der Waals surface area contributed by atoms with E-state index in [0.29, 0.717) is 12.2 Å². The smallest absolute Gasteiger partial charge is 0.333 e. The van der Waals surface area contributed by atoms with Crippen LogP contribution in [0.25, 0.3) is 0 Å². The molecule has 0 aliphatic heterocycles. The lowest BCUT2D eigenvalue weighted by molar-refractivity contribution is -0.144. The van der Waals surface area contributed by atoms with Crippen LogP contribution < -0.4 is 15.8 Å². The first-order valence-corrected chi connectivity index (χ1v) is 9.91. The molecule has 0 amide bonds. The molecule has 6 nitrogen and oxygen atoms in total. The molecule has 0 saturated carbocycles. The Morgan fingerprint density at radius 2 is 1.76 bits per heavy atom. The van der Waals surface area contributed by atoms with Gasteiger partial charge in [0.2, 0.25) is 0 Å². The molecular weight excluding hydrogens is 366 g/mol. The fourth-order valence-corrected chi connectivity index (χ4v) is 2.98. The Bertz CT molecular complexity index is 845. The maximum atomic E-state index is 12.7. The molecule has 4 N–H and O–H groups in total. The maximum Gasteiger partial charge on any atom is 0.333 e. The Labute approximate surface area is 172 Å². The Morgan fingerprint density at radius 3 is 2.28 bits per heavy atom. The van der Waals surface area contributed by atoms with Crippen LogP contribution in [-0.2, 0) is 9.53 Å². The van der Waals surface area contributed by atoms with Crippen LogP contribution in [0.3, 0.4) is 0 Å². The van der Waals surface area contributed by atoms with E-state index in [1.807, 2.05) is 32.0 Å². The normalized spacial score (nSPS) is 12.0. The monoisotopic (exact) mass is 397 g/mol. The highest BCUT2D eigenvalue weighted by molar-refractivity contribution is 5.95. The van der Waals surface area contributed by atoms with Crippen molar-refractivity contribution in [3.63, 3.8) is 0 Å². The molecule has 0 fully saturated rings. The third-order valence-corrected chi connectivity index (χ3v) is 4.38. The van der Waals surface area contributed by atoms with Gasteiger partial charge in [-0.1, -0.05) is 19.9 Å². The molecule has 1 unspecified atom stereocenters. The molecule has 1 atom stereocenters. The molecule has 0 aliphatic rings. The summed E-state index contributed by atoms with van der Waals surface area (Å²) in [6.07, 6.45) is 0.0668. The first-order valence-electron chi connectivity index (χ1n) is 9.91. The minimum absolute atomic E-state index is 0.000749. The zero-order valence-electron chi connectivity index (χ0n) is 17.8. The molecule has 0 heterocycles. The number of carbonyl (C=O) groups excluding carboxylic acids is 1. The van der Waals surface area contributed by atoms with Gasteiger partial charge >= 0.3 is 5.97 Å². The van der Waals surface area contributed by atoms with E-state index in [-0.39, 0.29) is 23.8 Å². The van der Waals surface area contributed by atoms with Crippen molar-refractivity contribution in [2.24, 2.45) is 5.73 Å². The van der Waals surface area contributed by atoms with Gasteiger partial charge in [-0.05, 0) is 74.2 Å². The Morgan fingerprint density at radius 1 is 1.10 bits per heavy atom. The molecule has 0 saturated heterocycles. The van der Waals surface area contributed by atoms with Crippen LogP contribution in [0.5, 0.6) is 5.75 Å². The van der Waals surface area contributed by atoms with E-state index in [0.717, 1.165) is 22.6 Å². The van der Waals surface area contributed by atoms with E-state index in [2.05, 4.69) is 19.2 Å². The predicted octanol–water partition coefficient (Wildman–Crippen LogP) is 4.60. The molecule has 0 bridgehead atoms. The quantitative estimate of drug-likeness (QED) is 0.326. The largest absolute Gasteiger partial charge is 0.491 e. The lowest BCUT2D eigenvalue weighted by atomic mass is 9.96. The number of rotatable bonds is 9. The summed E-state index contributed by atoms with van der Waals surface area (Å²) in [6.45, 7) is 10.3. The van der Waals surface area contributed by atoms with Crippen LogP contribution in [0.2, 0.25) is 0 Å². The number of anilines is 1. The Hall–Kier alpha value is -3.02. The number of hydrogen-bond acceptors (Lipinski definition) is 5. The van der Waals surface area contributed by atoms with Gasteiger partial charge in [0.15, 0.2) is 6.04 Å². The van der Waals surface area contributed by atoms with Crippen molar-refractivity contribution in [2.75, 3.05) is 11.9 Å². The van der Waals surface area contributed by atoms with Gasteiger partial charge in [0.05, 0.1) is 12.7 Å². The van der Waals surface area contributed by atoms with Gasteiger partial charge in [0.1, 0.15) is 11.6 Å². The molecule has 156 valence electrons. The number of nitrogens with two attached hydrogens (primary N) is 1. The molecule has 2 rings (SSSR count). The van der Waals surface area contributed by atoms with Crippen molar-refractivity contribution >= 4 is 17.5 Å². The van der Waals surface area contributed by atoms with Crippen molar-refractivity contribution in [1.29, 1.82) is 5.41 Å². The minimum atomic E-state index is -0.663. The Balaban J connectivity index is 2.39. The summed E-state index contributed by atoms with van der Waals surface area (Å²) in [5.74, 6) is 0.713. The lowest BCUT2D eigenvalue weighted by Crippen LogP contribution is -2.24. The van der Waals surface area contributed by atoms with Crippen LogP contribution in [0.4, 0.5) is 5.69 Å². The summed E-state index contributed by atoms with van der Waals surface area (Å²) >= 11 is 0. The molecule has 0 spiro atoms. The summed E-state index contributed by atoms with van der Waals surface area (Å²) in [4.78, 5) is 12.7. The van der Waals surface area contributed by atoms with E-state index in [9.17, 15) is 4.79 Å². The highest BCUT2D eigenvalue weighted by Gasteiger charge is 2.24. The zero-order valence-corrected chi connectivity index (χ0v) is 17.8. The highest BCUT2D eigenvalue weighted by atomic mass is 16.5. The SMILES string of the molecule is CCOC(=O)C(Nc1ccc(C(=N)N)cc1)c1ccc(OC(C)C)c(C(C)C)c1. The van der Waals surface area contributed by atoms with Gasteiger partial charge in [-0.15, -0.1) is 0 Å². The molecule has 2 aromatic rings. The number of nitrogens with one attached hydrogen (secondary N) is 2. The second kappa shape index (κ2) is 9.96. The number of carbonyl (C=O) groups is 1. The van der Waals surface area contributed by atoms with Crippen molar-refractivity contribution < 1.29 is 14.3 Å². The van der Waals surface area contributed by atoms with Gasteiger partial charge in [0, 0.05) is 11.3 Å². The molecule has 0 aromatic heterocycles. The van der Waals surface area contributed by atoms with Crippen LogP contribution >= 0.6 is 0 Å². The number of amidine groups is 1. The van der Waals surface area contributed by atoms with Crippen molar-refractivity contribution in [3.05, 3.63) is 59.2 Å². The number of ether oxygens (including phenoxy) is 2. The maximum absolute atomic E-state index is 12.7. The molecule has 0 aliphatic carbocycles. The first-order chi connectivity index (χ1) is 13.7. The van der Waals surface area contributed by atoms with Gasteiger partial charge in [-0.2, -0.15) is 0 Å². The van der Waals surface area contributed by atoms with E-state index in [1.165, 1.54) is 0 Å².